The molecule has 0 unspecified atom stereocenters. The van der Waals surface area contributed by atoms with Crippen LogP contribution < -0.4 is 5.73 Å². The Bertz CT molecular complexity index is 637. The Labute approximate surface area is 112 Å². The lowest BCUT2D eigenvalue weighted by atomic mass is 9.91. The minimum absolute atomic E-state index is 0.150. The summed E-state index contributed by atoms with van der Waals surface area (Å²) in [6, 6.07) is 9.28. The van der Waals surface area contributed by atoms with Gasteiger partial charge in [-0.2, -0.15) is 0 Å². The van der Waals surface area contributed by atoms with Crippen molar-refractivity contribution in [2.24, 2.45) is 0 Å². The Morgan fingerprint density at radius 2 is 1.68 bits per heavy atom. The summed E-state index contributed by atoms with van der Waals surface area (Å²) in [5.41, 5.74) is 11.7. The van der Waals surface area contributed by atoms with Crippen molar-refractivity contribution >= 4 is 11.7 Å². The number of nitrogen functional groups attached to an aromatic ring is 1. The Morgan fingerprint density at radius 3 is 2.21 bits per heavy atom. The van der Waals surface area contributed by atoms with E-state index < -0.39 is 5.97 Å². The van der Waals surface area contributed by atoms with Gasteiger partial charge >= 0.3 is 5.97 Å². The molecule has 0 saturated carbocycles. The van der Waals surface area contributed by atoms with Crippen molar-refractivity contribution in [3.8, 4) is 11.1 Å². The highest BCUT2D eigenvalue weighted by atomic mass is 16.4. The maximum absolute atomic E-state index is 11.1. The number of aromatic carboxylic acids is 1. The van der Waals surface area contributed by atoms with Crippen LogP contribution in [0, 0.1) is 20.8 Å². The lowest BCUT2D eigenvalue weighted by Crippen LogP contribution is -2.04. The predicted molar refractivity (Wildman–Crippen MR) is 77.5 cm³/mol. The maximum atomic E-state index is 11.1. The molecule has 0 bridgehead atoms. The van der Waals surface area contributed by atoms with Gasteiger partial charge in [0.05, 0.1) is 11.3 Å². The summed E-state index contributed by atoms with van der Waals surface area (Å²) in [6.07, 6.45) is 0. The van der Waals surface area contributed by atoms with Crippen LogP contribution in [0.5, 0.6) is 0 Å². The molecule has 0 atom stereocenters. The first-order valence-electron chi connectivity index (χ1n) is 6.12. The molecular weight excluding hydrogens is 238 g/mol. The zero-order chi connectivity index (χ0) is 14.2. The Hall–Kier alpha value is -2.29. The second kappa shape index (κ2) is 4.76. The van der Waals surface area contributed by atoms with Crippen LogP contribution in [0.3, 0.4) is 0 Å². The quantitative estimate of drug-likeness (QED) is 0.806. The summed E-state index contributed by atoms with van der Waals surface area (Å²) in [5.74, 6) is -0.998. The zero-order valence-corrected chi connectivity index (χ0v) is 11.3. The summed E-state index contributed by atoms with van der Waals surface area (Å²) in [6.45, 7) is 6.07. The van der Waals surface area contributed by atoms with Crippen molar-refractivity contribution in [3.05, 3.63) is 52.6 Å². The minimum Gasteiger partial charge on any atom is -0.478 e. The smallest absolute Gasteiger partial charge is 0.337 e. The Balaban J connectivity index is 2.73. The van der Waals surface area contributed by atoms with Gasteiger partial charge in [0.25, 0.3) is 0 Å². The van der Waals surface area contributed by atoms with E-state index in [0.29, 0.717) is 5.69 Å². The van der Waals surface area contributed by atoms with Crippen molar-refractivity contribution in [3.63, 3.8) is 0 Å². The first-order valence-corrected chi connectivity index (χ1v) is 6.12. The molecule has 0 spiro atoms. The van der Waals surface area contributed by atoms with E-state index in [9.17, 15) is 4.79 Å². The molecule has 3 heteroatoms. The number of anilines is 1. The second-order valence-electron chi connectivity index (χ2n) is 4.85. The molecule has 0 saturated heterocycles. The third kappa shape index (κ3) is 2.32. The molecule has 0 heterocycles. The van der Waals surface area contributed by atoms with Gasteiger partial charge in [0.1, 0.15) is 0 Å². The molecule has 19 heavy (non-hydrogen) atoms. The average molecular weight is 255 g/mol. The zero-order valence-electron chi connectivity index (χ0n) is 11.3. The normalized spacial score (nSPS) is 10.5. The molecule has 2 aromatic rings. The van der Waals surface area contributed by atoms with E-state index in [1.54, 1.807) is 6.07 Å². The minimum atomic E-state index is -0.998. The molecule has 2 aromatic carbocycles. The van der Waals surface area contributed by atoms with Crippen molar-refractivity contribution in [1.29, 1.82) is 0 Å². The molecule has 2 rings (SSSR count). The standard InChI is InChI=1S/C16H17NO2/c1-9-7-10(2)14(11(3)8-9)12-5-4-6-13(15(12)17)16(18)19/h4-8H,17H2,1-3H3,(H,18,19). The summed E-state index contributed by atoms with van der Waals surface area (Å²) >= 11 is 0. The van der Waals surface area contributed by atoms with Crippen LogP contribution in [0.15, 0.2) is 30.3 Å². The summed E-state index contributed by atoms with van der Waals surface area (Å²) in [4.78, 5) is 11.1. The molecule has 98 valence electrons. The number of carbonyl (C=O) groups is 1. The highest BCUT2D eigenvalue weighted by Gasteiger charge is 2.15. The molecule has 0 aliphatic rings. The van der Waals surface area contributed by atoms with Crippen molar-refractivity contribution in [2.45, 2.75) is 20.8 Å². The van der Waals surface area contributed by atoms with Crippen LogP contribution in [0.1, 0.15) is 27.0 Å². The second-order valence-corrected chi connectivity index (χ2v) is 4.85. The van der Waals surface area contributed by atoms with Crippen molar-refractivity contribution in [1.82, 2.24) is 0 Å². The largest absolute Gasteiger partial charge is 0.478 e. The molecule has 0 radical (unpaired) electrons. The number of carboxylic acids is 1. The lowest BCUT2D eigenvalue weighted by molar-refractivity contribution is 0.0698. The lowest BCUT2D eigenvalue weighted by Gasteiger charge is -2.15. The van der Waals surface area contributed by atoms with Gasteiger partial charge in [-0.15, -0.1) is 0 Å². The maximum Gasteiger partial charge on any atom is 0.337 e. The Kier molecular flexibility index (Phi) is 3.30. The fourth-order valence-electron chi connectivity index (χ4n) is 2.57. The van der Waals surface area contributed by atoms with Crippen LogP contribution in [0.2, 0.25) is 0 Å². The molecule has 3 nitrogen and oxygen atoms in total. The van der Waals surface area contributed by atoms with Crippen molar-refractivity contribution in [2.75, 3.05) is 5.73 Å². The van der Waals surface area contributed by atoms with Gasteiger partial charge < -0.3 is 10.8 Å². The van der Waals surface area contributed by atoms with Gasteiger partial charge in [0.15, 0.2) is 0 Å². The molecule has 0 fully saturated rings. The van der Waals surface area contributed by atoms with Crippen LogP contribution in [0.4, 0.5) is 5.69 Å². The molecule has 0 aliphatic carbocycles. The summed E-state index contributed by atoms with van der Waals surface area (Å²) < 4.78 is 0. The molecule has 0 amide bonds. The van der Waals surface area contributed by atoms with Gasteiger partial charge in [-0.05, 0) is 43.5 Å². The highest BCUT2D eigenvalue weighted by molar-refractivity contribution is 5.98. The summed E-state index contributed by atoms with van der Waals surface area (Å²) in [5, 5.41) is 9.14. The average Bonchev–Trinajstić information content (AvgIpc) is 2.29. The number of carboxylic acid groups (broad SMARTS) is 1. The number of hydrogen-bond acceptors (Lipinski definition) is 2. The van der Waals surface area contributed by atoms with Crippen LogP contribution in [0.25, 0.3) is 11.1 Å². The SMILES string of the molecule is Cc1cc(C)c(-c2cccc(C(=O)O)c2N)c(C)c1. The number of nitrogens with two attached hydrogens (primary N) is 1. The van der Waals surface area contributed by atoms with E-state index in [1.165, 1.54) is 11.6 Å². The molecular formula is C16H17NO2. The van der Waals surface area contributed by atoms with E-state index >= 15 is 0 Å². The molecule has 3 N–H and O–H groups in total. The van der Waals surface area contributed by atoms with Crippen LogP contribution in [-0.2, 0) is 0 Å². The molecule has 0 aromatic heterocycles. The van der Waals surface area contributed by atoms with Crippen LogP contribution >= 0.6 is 0 Å². The van der Waals surface area contributed by atoms with Gasteiger partial charge in [-0.1, -0.05) is 29.8 Å². The van der Waals surface area contributed by atoms with E-state index in [0.717, 1.165) is 22.3 Å². The fraction of sp³-hybridized carbons (Fsp3) is 0.188. The number of rotatable bonds is 2. The van der Waals surface area contributed by atoms with Gasteiger partial charge in [-0.3, -0.25) is 0 Å². The number of benzene rings is 2. The van der Waals surface area contributed by atoms with Crippen LogP contribution in [-0.4, -0.2) is 11.1 Å². The van der Waals surface area contributed by atoms with Gasteiger partial charge in [0.2, 0.25) is 0 Å². The first kappa shape index (κ1) is 13.1. The van der Waals surface area contributed by atoms with E-state index in [1.807, 2.05) is 26.8 Å². The number of hydrogen-bond donors (Lipinski definition) is 2. The molecule has 0 aliphatic heterocycles. The van der Waals surface area contributed by atoms with E-state index in [2.05, 4.69) is 12.1 Å². The third-order valence-corrected chi connectivity index (χ3v) is 3.28. The van der Waals surface area contributed by atoms with Gasteiger partial charge in [-0.25, -0.2) is 4.79 Å². The topological polar surface area (TPSA) is 63.3 Å². The number of aryl methyl sites for hydroxylation is 3. The third-order valence-electron chi connectivity index (χ3n) is 3.28. The van der Waals surface area contributed by atoms with E-state index in [-0.39, 0.29) is 5.56 Å². The highest BCUT2D eigenvalue weighted by Crippen LogP contribution is 2.34. The van der Waals surface area contributed by atoms with Crippen molar-refractivity contribution < 1.29 is 9.90 Å². The first-order chi connectivity index (χ1) is 8.91. The summed E-state index contributed by atoms with van der Waals surface area (Å²) in [7, 11) is 0. The number of para-hydroxylation sites is 1. The predicted octanol–water partition coefficient (Wildman–Crippen LogP) is 3.56. The fourth-order valence-corrected chi connectivity index (χ4v) is 2.57. The monoisotopic (exact) mass is 255 g/mol. The van der Waals surface area contributed by atoms with E-state index in [4.69, 9.17) is 10.8 Å². The Morgan fingerprint density at radius 1 is 1.11 bits per heavy atom. The van der Waals surface area contributed by atoms with Gasteiger partial charge in [0, 0.05) is 5.56 Å².